The second-order valence-corrected chi connectivity index (χ2v) is 23.0. The van der Waals surface area contributed by atoms with Crippen LogP contribution < -0.4 is 5.19 Å². The van der Waals surface area contributed by atoms with E-state index in [1.54, 1.807) is 0 Å². The molecule has 10 aromatic carbocycles. The quantitative estimate of drug-likeness (QED) is 0.120. The van der Waals surface area contributed by atoms with Crippen LogP contribution in [0.5, 0.6) is 0 Å². The maximum Gasteiger partial charge on any atom is 0.143 e. The van der Waals surface area contributed by atoms with Crippen LogP contribution in [0.2, 0.25) is 19.6 Å². The van der Waals surface area contributed by atoms with Gasteiger partial charge in [-0.15, -0.1) is 0 Å². The molecule has 294 valence electrons. The van der Waals surface area contributed by atoms with Gasteiger partial charge in [-0.2, -0.15) is 0 Å². The summed E-state index contributed by atoms with van der Waals surface area (Å²) in [6.07, 6.45) is 0. The molecule has 0 saturated heterocycles. The molecule has 12 rings (SSSR count). The van der Waals surface area contributed by atoms with Gasteiger partial charge < -0.3 is 4.42 Å². The van der Waals surface area contributed by atoms with Gasteiger partial charge in [0.15, 0.2) is 0 Å². The Morgan fingerprint density at radius 3 is 1.68 bits per heavy atom. The molecule has 0 bridgehead atoms. The Hall–Kier alpha value is -7.26. The summed E-state index contributed by atoms with van der Waals surface area (Å²) < 4.78 is 7.16. The molecule has 0 spiro atoms. The predicted molar refractivity (Wildman–Crippen MR) is 265 cm³/mol. The number of benzene rings is 10. The van der Waals surface area contributed by atoms with Crippen molar-refractivity contribution in [3.8, 4) is 44.7 Å². The Bertz CT molecular complexity index is 3510. The number of hydrogen-bond acceptors (Lipinski definition) is 1. The van der Waals surface area contributed by atoms with E-state index < -0.39 is 13.5 Å². The summed E-state index contributed by atoms with van der Waals surface area (Å²) in [6.45, 7) is 7.35. The standard InChI is InChI=1S/C60H44OSi/c1-62(2,3)43-34-35-49-52(38-43)56(46-30-18-20-39-19-10-11-25-44(39)46)47-27-12-13-28-48(47)57(49)58-50-29-15-17-32-55(50)61-59(58)40-33-36-54-51(37-40)45-26-14-16-31-53(45)60(54,41-21-6-4-7-22-41)42-23-8-5-9-24-42/h4-38H,1-3H3. The van der Waals surface area contributed by atoms with Gasteiger partial charge in [0.25, 0.3) is 0 Å². The summed E-state index contributed by atoms with van der Waals surface area (Å²) in [5.74, 6) is 0.891. The number of fused-ring (bicyclic) bond motifs is 7. The molecule has 0 amide bonds. The van der Waals surface area contributed by atoms with E-state index in [-0.39, 0.29) is 0 Å². The maximum absolute atomic E-state index is 7.16. The Morgan fingerprint density at radius 2 is 0.935 bits per heavy atom. The normalized spacial score (nSPS) is 13.2. The number of furan rings is 1. The van der Waals surface area contributed by atoms with Crippen LogP contribution in [0.4, 0.5) is 0 Å². The molecule has 11 aromatic rings. The van der Waals surface area contributed by atoms with E-state index in [0.717, 1.165) is 27.9 Å². The molecule has 1 heterocycles. The highest BCUT2D eigenvalue weighted by Crippen LogP contribution is 2.58. The number of hydrogen-bond donors (Lipinski definition) is 0. The second-order valence-electron chi connectivity index (χ2n) is 17.9. The van der Waals surface area contributed by atoms with Crippen molar-refractivity contribution in [2.24, 2.45) is 0 Å². The Labute approximate surface area is 363 Å². The molecule has 1 aromatic heterocycles. The third-order valence-electron chi connectivity index (χ3n) is 13.5. The minimum atomic E-state index is -1.71. The lowest BCUT2D eigenvalue weighted by molar-refractivity contribution is 0.632. The SMILES string of the molecule is C[Si](C)(C)c1ccc2c(-c3c(-c4ccc5c(c4)-c4ccccc4C5(c4ccccc4)c4ccccc4)oc4ccccc34)c3ccccc3c(-c3cccc4ccccc34)c2c1. The smallest absolute Gasteiger partial charge is 0.143 e. The zero-order valence-corrected chi connectivity index (χ0v) is 36.1. The zero-order chi connectivity index (χ0) is 41.6. The van der Waals surface area contributed by atoms with Crippen LogP contribution in [0, 0.1) is 0 Å². The van der Waals surface area contributed by atoms with Gasteiger partial charge in [-0.1, -0.05) is 225 Å². The highest BCUT2D eigenvalue weighted by molar-refractivity contribution is 6.88. The zero-order valence-electron chi connectivity index (χ0n) is 35.1. The highest BCUT2D eigenvalue weighted by Gasteiger charge is 2.46. The molecule has 1 aliphatic rings. The van der Waals surface area contributed by atoms with Gasteiger partial charge in [0, 0.05) is 22.1 Å². The van der Waals surface area contributed by atoms with Gasteiger partial charge in [-0.3, -0.25) is 0 Å². The Balaban J connectivity index is 1.18. The van der Waals surface area contributed by atoms with Crippen molar-refractivity contribution in [2.45, 2.75) is 25.1 Å². The molecule has 0 radical (unpaired) electrons. The van der Waals surface area contributed by atoms with E-state index >= 15 is 0 Å². The monoisotopic (exact) mass is 808 g/mol. The Morgan fingerprint density at radius 1 is 0.371 bits per heavy atom. The van der Waals surface area contributed by atoms with Crippen molar-refractivity contribution >= 4 is 56.5 Å². The van der Waals surface area contributed by atoms with Crippen LogP contribution in [0.1, 0.15) is 22.3 Å². The summed E-state index contributed by atoms with van der Waals surface area (Å²) in [4.78, 5) is 0. The van der Waals surface area contributed by atoms with Crippen molar-refractivity contribution in [1.82, 2.24) is 0 Å². The Kier molecular flexibility index (Phi) is 8.19. The lowest BCUT2D eigenvalue weighted by Gasteiger charge is -2.33. The average Bonchev–Trinajstić information content (AvgIpc) is 3.85. The van der Waals surface area contributed by atoms with E-state index in [2.05, 4.69) is 232 Å². The third-order valence-corrected chi connectivity index (χ3v) is 15.6. The molecule has 62 heavy (non-hydrogen) atoms. The molecule has 0 N–H and O–H groups in total. The fourth-order valence-corrected chi connectivity index (χ4v) is 11.9. The van der Waals surface area contributed by atoms with Gasteiger partial charge in [0.1, 0.15) is 11.3 Å². The fraction of sp³-hybridized carbons (Fsp3) is 0.0667. The van der Waals surface area contributed by atoms with E-state index in [4.69, 9.17) is 4.42 Å². The summed E-state index contributed by atoms with van der Waals surface area (Å²) in [5.41, 5.74) is 14.0. The average molecular weight is 809 g/mol. The van der Waals surface area contributed by atoms with Crippen molar-refractivity contribution in [2.75, 3.05) is 0 Å². The minimum Gasteiger partial charge on any atom is -0.455 e. The molecular weight excluding hydrogens is 765 g/mol. The summed E-state index contributed by atoms with van der Waals surface area (Å²) in [7, 11) is -1.71. The molecule has 0 unspecified atom stereocenters. The molecule has 2 heteroatoms. The molecular formula is C60H44OSi. The molecule has 0 aliphatic heterocycles. The molecule has 1 aliphatic carbocycles. The van der Waals surface area contributed by atoms with Gasteiger partial charge in [-0.05, 0) is 89.0 Å². The predicted octanol–water partition coefficient (Wildman–Crippen LogP) is 15.8. The first kappa shape index (κ1) is 36.6. The number of para-hydroxylation sites is 1. The fourth-order valence-electron chi connectivity index (χ4n) is 10.7. The van der Waals surface area contributed by atoms with Crippen LogP contribution in [-0.4, -0.2) is 8.07 Å². The largest absolute Gasteiger partial charge is 0.455 e. The first-order valence-electron chi connectivity index (χ1n) is 21.8. The van der Waals surface area contributed by atoms with Crippen molar-refractivity contribution in [3.63, 3.8) is 0 Å². The topological polar surface area (TPSA) is 13.1 Å². The van der Waals surface area contributed by atoms with Gasteiger partial charge in [0.2, 0.25) is 0 Å². The third kappa shape index (κ3) is 5.33. The maximum atomic E-state index is 7.16. The lowest BCUT2D eigenvalue weighted by Crippen LogP contribution is -2.37. The summed E-state index contributed by atoms with van der Waals surface area (Å²) in [5, 5.41) is 10.1. The molecule has 0 saturated carbocycles. The molecule has 0 atom stereocenters. The van der Waals surface area contributed by atoms with Gasteiger partial charge >= 0.3 is 0 Å². The summed E-state index contributed by atoms with van der Waals surface area (Å²) >= 11 is 0. The highest BCUT2D eigenvalue weighted by atomic mass is 28.3. The first-order chi connectivity index (χ1) is 30.4. The number of rotatable bonds is 6. The molecule has 1 nitrogen and oxygen atoms in total. The van der Waals surface area contributed by atoms with Crippen molar-refractivity contribution in [3.05, 3.63) is 235 Å². The van der Waals surface area contributed by atoms with E-state index in [0.29, 0.717) is 0 Å². The van der Waals surface area contributed by atoms with Crippen LogP contribution in [0.3, 0.4) is 0 Å². The second kappa shape index (κ2) is 13.9. The first-order valence-corrected chi connectivity index (χ1v) is 25.3. The van der Waals surface area contributed by atoms with Crippen LogP contribution in [0.25, 0.3) is 88.0 Å². The van der Waals surface area contributed by atoms with Gasteiger partial charge in [0.05, 0.1) is 13.5 Å². The molecule has 0 fully saturated rings. The van der Waals surface area contributed by atoms with Gasteiger partial charge in [-0.25, -0.2) is 0 Å². The van der Waals surface area contributed by atoms with Crippen molar-refractivity contribution in [1.29, 1.82) is 0 Å². The van der Waals surface area contributed by atoms with Crippen LogP contribution in [0.15, 0.2) is 217 Å². The minimum absolute atomic E-state index is 0.471. The van der Waals surface area contributed by atoms with Crippen LogP contribution >= 0.6 is 0 Å². The summed E-state index contributed by atoms with van der Waals surface area (Å²) in [6, 6.07) is 78.7. The van der Waals surface area contributed by atoms with E-state index in [9.17, 15) is 0 Å². The van der Waals surface area contributed by atoms with E-state index in [1.165, 1.54) is 87.6 Å². The van der Waals surface area contributed by atoms with E-state index in [1.807, 2.05) is 0 Å². The van der Waals surface area contributed by atoms with Crippen LogP contribution in [-0.2, 0) is 5.41 Å². The van der Waals surface area contributed by atoms with Crippen molar-refractivity contribution < 1.29 is 4.42 Å². The lowest BCUT2D eigenvalue weighted by atomic mass is 9.67.